The first-order valence-corrected chi connectivity index (χ1v) is 4.15. The highest BCUT2D eigenvalue weighted by atomic mass is 16.2. The van der Waals surface area contributed by atoms with Gasteiger partial charge in [-0.3, -0.25) is 14.9 Å². The summed E-state index contributed by atoms with van der Waals surface area (Å²) in [5.74, 6) is -0.310. The van der Waals surface area contributed by atoms with E-state index in [2.05, 4.69) is 25.5 Å². The monoisotopic (exact) mass is 204 g/mol. The van der Waals surface area contributed by atoms with Crippen molar-refractivity contribution < 1.29 is 4.79 Å². The van der Waals surface area contributed by atoms with Crippen LogP contribution >= 0.6 is 0 Å². The van der Waals surface area contributed by atoms with Gasteiger partial charge in [-0.2, -0.15) is 4.98 Å². The van der Waals surface area contributed by atoms with Gasteiger partial charge in [0.15, 0.2) is 0 Å². The van der Waals surface area contributed by atoms with E-state index in [0.717, 1.165) is 0 Å². The summed E-state index contributed by atoms with van der Waals surface area (Å²) >= 11 is 0. The predicted molar refractivity (Wildman–Crippen MR) is 53.0 cm³/mol. The molecule has 0 fully saturated rings. The fraction of sp³-hybridized carbons (Fsp3) is 0. The lowest BCUT2D eigenvalue weighted by Gasteiger charge is -2.00. The van der Waals surface area contributed by atoms with Crippen LogP contribution in [0.15, 0.2) is 24.5 Å². The lowest BCUT2D eigenvalue weighted by atomic mass is 10.4. The third kappa shape index (κ3) is 2.08. The summed E-state index contributed by atoms with van der Waals surface area (Å²) in [5, 5.41) is 8.53. The zero-order valence-electron chi connectivity index (χ0n) is 7.64. The van der Waals surface area contributed by atoms with Gasteiger partial charge in [0.1, 0.15) is 0 Å². The molecule has 0 saturated carbocycles. The summed E-state index contributed by atoms with van der Waals surface area (Å²) in [7, 11) is 0. The molecule has 0 radical (unpaired) electrons. The van der Waals surface area contributed by atoms with E-state index in [4.69, 9.17) is 5.73 Å². The molecule has 7 heteroatoms. The Balaban J connectivity index is 2.11. The van der Waals surface area contributed by atoms with E-state index < -0.39 is 5.91 Å². The quantitative estimate of drug-likeness (QED) is 0.639. The Labute approximate surface area is 84.7 Å². The Morgan fingerprint density at radius 3 is 3.00 bits per heavy atom. The van der Waals surface area contributed by atoms with Crippen molar-refractivity contribution in [3.05, 3.63) is 30.4 Å². The van der Waals surface area contributed by atoms with E-state index in [1.54, 1.807) is 18.3 Å². The maximum absolute atomic E-state index is 11.5. The number of nitrogens with one attached hydrogen (secondary N) is 2. The number of aromatic nitrogens is 4. The number of rotatable bonds is 2. The maximum atomic E-state index is 11.5. The van der Waals surface area contributed by atoms with Crippen LogP contribution in [-0.2, 0) is 0 Å². The first-order chi connectivity index (χ1) is 7.25. The molecule has 2 rings (SSSR count). The van der Waals surface area contributed by atoms with Crippen LogP contribution in [0.3, 0.4) is 0 Å². The van der Waals surface area contributed by atoms with Crippen molar-refractivity contribution in [1.29, 1.82) is 0 Å². The number of aromatic amines is 1. The van der Waals surface area contributed by atoms with Crippen LogP contribution in [0.4, 0.5) is 11.6 Å². The van der Waals surface area contributed by atoms with Gasteiger partial charge in [-0.15, -0.1) is 5.10 Å². The first-order valence-electron chi connectivity index (χ1n) is 4.15. The van der Waals surface area contributed by atoms with Gasteiger partial charge in [0.2, 0.25) is 11.8 Å². The van der Waals surface area contributed by atoms with Crippen molar-refractivity contribution in [2.75, 3.05) is 11.1 Å². The Morgan fingerprint density at radius 1 is 1.53 bits per heavy atom. The van der Waals surface area contributed by atoms with Gasteiger partial charge in [0.05, 0.1) is 11.9 Å². The van der Waals surface area contributed by atoms with Crippen LogP contribution in [0.1, 0.15) is 10.6 Å². The number of hydrogen-bond donors (Lipinski definition) is 3. The topological polar surface area (TPSA) is 110 Å². The molecule has 0 unspecified atom stereocenters. The van der Waals surface area contributed by atoms with Gasteiger partial charge in [0, 0.05) is 6.20 Å². The van der Waals surface area contributed by atoms with Crippen LogP contribution < -0.4 is 11.1 Å². The number of anilines is 2. The van der Waals surface area contributed by atoms with E-state index in [9.17, 15) is 4.79 Å². The lowest BCUT2D eigenvalue weighted by molar-refractivity contribution is 0.101. The molecule has 0 aliphatic heterocycles. The molecule has 2 aromatic heterocycles. The minimum atomic E-state index is -0.410. The van der Waals surface area contributed by atoms with E-state index >= 15 is 0 Å². The maximum Gasteiger partial charge on any atom is 0.293 e. The molecule has 76 valence electrons. The minimum absolute atomic E-state index is 0.0336. The molecule has 0 atom stereocenters. The number of nitrogen functional groups attached to an aromatic ring is 1. The number of H-pyrrole nitrogens is 1. The first kappa shape index (κ1) is 9.13. The highest BCUT2D eigenvalue weighted by Crippen LogP contribution is 2.04. The molecule has 0 bridgehead atoms. The Hall–Kier alpha value is -2.44. The molecular formula is C8H8N6O. The van der Waals surface area contributed by atoms with Gasteiger partial charge >= 0.3 is 0 Å². The zero-order chi connectivity index (χ0) is 10.7. The highest BCUT2D eigenvalue weighted by molar-refractivity contribution is 6.01. The van der Waals surface area contributed by atoms with Crippen molar-refractivity contribution in [2.45, 2.75) is 0 Å². The van der Waals surface area contributed by atoms with Gasteiger partial charge in [-0.1, -0.05) is 0 Å². The van der Waals surface area contributed by atoms with Gasteiger partial charge in [-0.25, -0.2) is 0 Å². The molecule has 0 saturated heterocycles. The third-order valence-corrected chi connectivity index (χ3v) is 1.64. The molecule has 2 aromatic rings. The summed E-state index contributed by atoms with van der Waals surface area (Å²) in [5.41, 5.74) is 5.84. The van der Waals surface area contributed by atoms with Crippen molar-refractivity contribution in [2.24, 2.45) is 0 Å². The normalized spacial score (nSPS) is 9.87. The number of carbonyl (C=O) groups is 1. The number of nitrogens with zero attached hydrogens (tertiary/aromatic N) is 3. The Kier molecular flexibility index (Phi) is 2.28. The highest BCUT2D eigenvalue weighted by Gasteiger charge is 2.10. The van der Waals surface area contributed by atoms with E-state index in [1.807, 2.05) is 0 Å². The van der Waals surface area contributed by atoms with Crippen molar-refractivity contribution in [3.63, 3.8) is 0 Å². The van der Waals surface area contributed by atoms with Crippen LogP contribution in [0, 0.1) is 0 Å². The number of amides is 1. The van der Waals surface area contributed by atoms with Gasteiger partial charge in [-0.05, 0) is 12.1 Å². The van der Waals surface area contributed by atoms with Crippen molar-refractivity contribution in [3.8, 4) is 0 Å². The lowest BCUT2D eigenvalue weighted by Crippen LogP contribution is -2.13. The summed E-state index contributed by atoms with van der Waals surface area (Å²) < 4.78 is 0. The fourth-order valence-corrected chi connectivity index (χ4v) is 1.00. The number of carbonyl (C=O) groups excluding carboxylic acids is 1. The SMILES string of the molecule is Nc1n[nH]c(C(=O)Nc2cccnc2)n1. The minimum Gasteiger partial charge on any atom is -0.366 e. The van der Waals surface area contributed by atoms with E-state index in [-0.39, 0.29) is 11.8 Å². The molecule has 7 nitrogen and oxygen atoms in total. The molecule has 1 amide bonds. The van der Waals surface area contributed by atoms with Crippen LogP contribution in [0.2, 0.25) is 0 Å². The summed E-state index contributed by atoms with van der Waals surface area (Å²) in [6, 6.07) is 3.43. The second-order valence-electron chi connectivity index (χ2n) is 2.74. The Bertz CT molecular complexity index is 465. The summed E-state index contributed by atoms with van der Waals surface area (Å²) in [6.45, 7) is 0. The van der Waals surface area contributed by atoms with Crippen molar-refractivity contribution in [1.82, 2.24) is 20.2 Å². The third-order valence-electron chi connectivity index (χ3n) is 1.64. The molecule has 4 N–H and O–H groups in total. The smallest absolute Gasteiger partial charge is 0.293 e. The van der Waals surface area contributed by atoms with E-state index in [0.29, 0.717) is 5.69 Å². The molecule has 0 aliphatic carbocycles. The van der Waals surface area contributed by atoms with Crippen LogP contribution in [0.5, 0.6) is 0 Å². The van der Waals surface area contributed by atoms with E-state index in [1.165, 1.54) is 6.20 Å². The average molecular weight is 204 g/mol. The molecule has 0 aliphatic rings. The fourth-order valence-electron chi connectivity index (χ4n) is 1.00. The largest absolute Gasteiger partial charge is 0.366 e. The molecule has 2 heterocycles. The van der Waals surface area contributed by atoms with Crippen LogP contribution in [-0.4, -0.2) is 26.1 Å². The number of hydrogen-bond acceptors (Lipinski definition) is 5. The number of pyridine rings is 1. The Morgan fingerprint density at radius 2 is 2.40 bits per heavy atom. The second kappa shape index (κ2) is 3.74. The van der Waals surface area contributed by atoms with Crippen molar-refractivity contribution >= 4 is 17.5 Å². The van der Waals surface area contributed by atoms with Crippen LogP contribution in [0.25, 0.3) is 0 Å². The van der Waals surface area contributed by atoms with Gasteiger partial charge in [0.25, 0.3) is 5.91 Å². The van der Waals surface area contributed by atoms with Gasteiger partial charge < -0.3 is 11.1 Å². The standard InChI is InChI=1S/C8H8N6O/c9-8-12-6(13-14-8)7(15)11-5-2-1-3-10-4-5/h1-4H,(H,11,15)(H3,9,12,13,14). The molecular weight excluding hydrogens is 196 g/mol. The zero-order valence-corrected chi connectivity index (χ0v) is 7.64. The summed E-state index contributed by atoms with van der Waals surface area (Å²) in [6.07, 6.45) is 3.14. The molecule has 0 aromatic carbocycles. The summed E-state index contributed by atoms with van der Waals surface area (Å²) in [4.78, 5) is 19.0. The number of nitrogens with two attached hydrogens (primary N) is 1. The average Bonchev–Trinajstić information content (AvgIpc) is 2.66. The molecule has 0 spiro atoms. The second-order valence-corrected chi connectivity index (χ2v) is 2.74. The predicted octanol–water partition coefficient (Wildman–Crippen LogP) is 0.0342. The molecule has 15 heavy (non-hydrogen) atoms.